The van der Waals surface area contributed by atoms with Crippen LogP contribution in [0.5, 0.6) is 0 Å². The van der Waals surface area contributed by atoms with E-state index < -0.39 is 0 Å². The lowest BCUT2D eigenvalue weighted by molar-refractivity contribution is -0.385. The molecule has 23 heavy (non-hydrogen) atoms. The third-order valence-electron chi connectivity index (χ3n) is 4.69. The number of halogens is 1. The number of aromatic nitrogens is 1. The smallest absolute Gasteiger partial charge is 0.275 e. The van der Waals surface area contributed by atoms with Gasteiger partial charge in [-0.05, 0) is 30.0 Å². The molecule has 2 aliphatic rings. The van der Waals surface area contributed by atoms with Gasteiger partial charge in [0.05, 0.1) is 27.2 Å². The summed E-state index contributed by atoms with van der Waals surface area (Å²) in [4.78, 5) is 15.3. The van der Waals surface area contributed by atoms with Crippen LogP contribution in [0.4, 0.5) is 11.4 Å². The van der Waals surface area contributed by atoms with Crippen molar-refractivity contribution in [1.29, 1.82) is 0 Å². The fourth-order valence-corrected chi connectivity index (χ4v) is 3.92. The van der Waals surface area contributed by atoms with Crippen LogP contribution in [0.25, 0.3) is 0 Å². The van der Waals surface area contributed by atoms with E-state index in [4.69, 9.17) is 11.6 Å². The van der Waals surface area contributed by atoms with Crippen LogP contribution in [0, 0.1) is 16.0 Å². The SMILES string of the molecule is O=[N+]([O-])c1ccc(Cl)c2c1[C@@H]1C=CC[C@H]1[C@@H](c1cccnc1)N2. The van der Waals surface area contributed by atoms with Crippen molar-refractivity contribution in [3.8, 4) is 0 Å². The lowest BCUT2D eigenvalue weighted by atomic mass is 9.76. The fourth-order valence-electron chi connectivity index (χ4n) is 3.70. The van der Waals surface area contributed by atoms with Crippen molar-refractivity contribution in [3.05, 3.63) is 75.1 Å². The molecule has 3 atom stereocenters. The summed E-state index contributed by atoms with van der Waals surface area (Å²) in [7, 11) is 0. The highest BCUT2D eigenvalue weighted by atomic mass is 35.5. The van der Waals surface area contributed by atoms with Gasteiger partial charge in [-0.3, -0.25) is 15.1 Å². The van der Waals surface area contributed by atoms with Gasteiger partial charge in [0.1, 0.15) is 0 Å². The standard InChI is InChI=1S/C17H14ClN3O2/c18-13-6-7-14(21(22)23)15-11-4-1-5-12(11)16(20-17(13)15)10-3-2-8-19-9-10/h1-4,6-9,11-12,16,20H,5H2/t11-,12-,16-/m1/s1. The van der Waals surface area contributed by atoms with Gasteiger partial charge in [-0.1, -0.05) is 29.8 Å². The normalized spacial score (nSPS) is 24.7. The van der Waals surface area contributed by atoms with Crippen LogP contribution in [-0.2, 0) is 0 Å². The highest BCUT2D eigenvalue weighted by Crippen LogP contribution is 2.54. The van der Waals surface area contributed by atoms with E-state index >= 15 is 0 Å². The summed E-state index contributed by atoms with van der Waals surface area (Å²) in [6.45, 7) is 0. The Bertz CT molecular complexity index is 807. The Kier molecular flexibility index (Phi) is 3.31. The number of rotatable bonds is 2. The highest BCUT2D eigenvalue weighted by molar-refractivity contribution is 6.33. The molecule has 2 heterocycles. The van der Waals surface area contributed by atoms with Crippen LogP contribution in [0.1, 0.15) is 29.5 Å². The molecule has 1 aromatic heterocycles. The monoisotopic (exact) mass is 327 g/mol. The van der Waals surface area contributed by atoms with E-state index in [1.54, 1.807) is 12.3 Å². The van der Waals surface area contributed by atoms with Crippen LogP contribution in [0.2, 0.25) is 5.02 Å². The molecule has 0 saturated heterocycles. The Morgan fingerprint density at radius 2 is 2.22 bits per heavy atom. The summed E-state index contributed by atoms with van der Waals surface area (Å²) in [6, 6.07) is 7.05. The number of hydrogen-bond donors (Lipinski definition) is 1. The van der Waals surface area contributed by atoms with Crippen molar-refractivity contribution in [2.24, 2.45) is 5.92 Å². The second-order valence-corrected chi connectivity index (χ2v) is 6.28. The molecule has 0 spiro atoms. The molecule has 116 valence electrons. The van der Waals surface area contributed by atoms with Gasteiger partial charge in [-0.25, -0.2) is 0 Å². The molecule has 0 amide bonds. The molecule has 0 unspecified atom stereocenters. The summed E-state index contributed by atoms with van der Waals surface area (Å²) in [5, 5.41) is 15.4. The molecular weight excluding hydrogens is 314 g/mol. The maximum absolute atomic E-state index is 11.4. The number of nitro benzene ring substituents is 1. The lowest BCUT2D eigenvalue weighted by Gasteiger charge is -2.37. The van der Waals surface area contributed by atoms with Gasteiger partial charge in [0.25, 0.3) is 5.69 Å². The summed E-state index contributed by atoms with van der Waals surface area (Å²) < 4.78 is 0. The predicted molar refractivity (Wildman–Crippen MR) is 88.7 cm³/mol. The van der Waals surface area contributed by atoms with Gasteiger partial charge < -0.3 is 5.32 Å². The maximum Gasteiger partial charge on any atom is 0.275 e. The van der Waals surface area contributed by atoms with Gasteiger partial charge in [0, 0.05) is 24.4 Å². The highest BCUT2D eigenvalue weighted by Gasteiger charge is 2.42. The van der Waals surface area contributed by atoms with Crippen LogP contribution >= 0.6 is 11.6 Å². The van der Waals surface area contributed by atoms with Crippen LogP contribution in [0.3, 0.4) is 0 Å². The number of nitrogens with zero attached hydrogens (tertiary/aromatic N) is 2. The Morgan fingerprint density at radius 1 is 1.35 bits per heavy atom. The molecule has 0 fully saturated rings. The van der Waals surface area contributed by atoms with Crippen molar-refractivity contribution in [1.82, 2.24) is 4.98 Å². The second kappa shape index (κ2) is 5.35. The molecule has 1 aliphatic heterocycles. The Balaban J connectivity index is 1.89. The molecule has 0 radical (unpaired) electrons. The largest absolute Gasteiger partial charge is 0.376 e. The van der Waals surface area contributed by atoms with E-state index in [2.05, 4.69) is 22.5 Å². The zero-order valence-electron chi connectivity index (χ0n) is 12.1. The average molecular weight is 328 g/mol. The Hall–Kier alpha value is -2.40. The van der Waals surface area contributed by atoms with Gasteiger partial charge >= 0.3 is 0 Å². The van der Waals surface area contributed by atoms with Gasteiger partial charge in [0.15, 0.2) is 0 Å². The maximum atomic E-state index is 11.4. The number of allylic oxidation sites excluding steroid dienone is 2. The van der Waals surface area contributed by atoms with Gasteiger partial charge in [-0.2, -0.15) is 0 Å². The van der Waals surface area contributed by atoms with Crippen LogP contribution in [-0.4, -0.2) is 9.91 Å². The summed E-state index contributed by atoms with van der Waals surface area (Å²) in [5.74, 6) is 0.222. The molecule has 2 aromatic rings. The van der Waals surface area contributed by atoms with Crippen molar-refractivity contribution in [2.45, 2.75) is 18.4 Å². The minimum Gasteiger partial charge on any atom is -0.376 e. The van der Waals surface area contributed by atoms with Gasteiger partial charge in [-0.15, -0.1) is 0 Å². The van der Waals surface area contributed by atoms with Gasteiger partial charge in [0.2, 0.25) is 0 Å². The third kappa shape index (κ3) is 2.19. The quantitative estimate of drug-likeness (QED) is 0.502. The van der Waals surface area contributed by atoms with Crippen LogP contribution in [0.15, 0.2) is 48.8 Å². The second-order valence-electron chi connectivity index (χ2n) is 5.87. The molecule has 4 rings (SSSR count). The third-order valence-corrected chi connectivity index (χ3v) is 5.00. The van der Waals surface area contributed by atoms with Crippen molar-refractivity contribution in [2.75, 3.05) is 5.32 Å². The zero-order valence-corrected chi connectivity index (χ0v) is 12.9. The molecule has 1 aliphatic carbocycles. The van der Waals surface area contributed by atoms with E-state index in [0.29, 0.717) is 16.3 Å². The minimum absolute atomic E-state index is 0.00411. The number of hydrogen-bond acceptors (Lipinski definition) is 4. The Labute approximate surface area is 138 Å². The molecular formula is C17H14ClN3O2. The van der Waals surface area contributed by atoms with Crippen molar-refractivity contribution < 1.29 is 4.92 Å². The van der Waals surface area contributed by atoms with E-state index in [0.717, 1.165) is 12.0 Å². The first kappa shape index (κ1) is 14.2. The minimum atomic E-state index is -0.329. The molecule has 0 bridgehead atoms. The first-order chi connectivity index (χ1) is 11.2. The first-order valence-corrected chi connectivity index (χ1v) is 7.84. The average Bonchev–Trinajstić information content (AvgIpc) is 3.05. The van der Waals surface area contributed by atoms with E-state index in [9.17, 15) is 10.1 Å². The zero-order chi connectivity index (χ0) is 16.0. The molecule has 6 heteroatoms. The number of pyridine rings is 1. The number of nitrogens with one attached hydrogen (secondary N) is 1. The lowest BCUT2D eigenvalue weighted by Crippen LogP contribution is -2.29. The first-order valence-electron chi connectivity index (χ1n) is 7.46. The molecule has 1 aromatic carbocycles. The summed E-state index contributed by atoms with van der Waals surface area (Å²) in [6.07, 6.45) is 8.61. The number of benzene rings is 1. The molecule has 0 saturated carbocycles. The van der Waals surface area contributed by atoms with E-state index in [1.807, 2.05) is 18.3 Å². The fraction of sp³-hybridized carbons (Fsp3) is 0.235. The molecule has 5 nitrogen and oxygen atoms in total. The van der Waals surface area contributed by atoms with Crippen LogP contribution < -0.4 is 5.32 Å². The van der Waals surface area contributed by atoms with E-state index in [1.165, 1.54) is 6.07 Å². The summed E-state index contributed by atoms with van der Waals surface area (Å²) >= 11 is 6.34. The molecule has 1 N–H and O–H groups in total. The number of anilines is 1. The van der Waals surface area contributed by atoms with Crippen molar-refractivity contribution in [3.63, 3.8) is 0 Å². The van der Waals surface area contributed by atoms with E-state index in [-0.39, 0.29) is 28.5 Å². The predicted octanol–water partition coefficient (Wildman–Crippen LogP) is 4.47. The number of fused-ring (bicyclic) bond motifs is 3. The van der Waals surface area contributed by atoms with Crippen molar-refractivity contribution >= 4 is 23.0 Å². The summed E-state index contributed by atoms with van der Waals surface area (Å²) in [5.41, 5.74) is 2.56. The topological polar surface area (TPSA) is 68.1 Å². The Morgan fingerprint density at radius 3 is 2.96 bits per heavy atom. The number of nitro groups is 1.